The Morgan fingerprint density at radius 3 is 2.38 bits per heavy atom. The lowest BCUT2D eigenvalue weighted by Crippen LogP contribution is -2.28. The van der Waals surface area contributed by atoms with Crippen LogP contribution in [0.25, 0.3) is 0 Å². The molecule has 1 N–H and O–H groups in total. The number of rotatable bonds is 3. The number of benzene rings is 2. The Labute approximate surface area is 176 Å². The summed E-state index contributed by atoms with van der Waals surface area (Å²) in [6.45, 7) is -0.300. The number of furan rings is 1. The number of hydrogen-bond acceptors (Lipinski definition) is 5. The second-order valence-electron chi connectivity index (χ2n) is 7.21. The quantitative estimate of drug-likeness (QED) is 0.565. The Kier molecular flexibility index (Phi) is 4.17. The molecule has 166 valence electrons. The highest BCUT2D eigenvalue weighted by atomic mass is 19.4. The van der Waals surface area contributed by atoms with Gasteiger partial charge in [-0.25, -0.2) is 0 Å². The summed E-state index contributed by atoms with van der Waals surface area (Å²) >= 11 is 0. The summed E-state index contributed by atoms with van der Waals surface area (Å²) in [6, 6.07) is 10.3. The molecule has 1 unspecified atom stereocenters. The highest BCUT2D eigenvalue weighted by molar-refractivity contribution is 6.07. The number of carbonyl (C=O) groups excluding carboxylic acids is 1. The van der Waals surface area contributed by atoms with Crippen LogP contribution >= 0.6 is 0 Å². The van der Waals surface area contributed by atoms with Crippen molar-refractivity contribution >= 4 is 11.6 Å². The number of phenolic OH excluding ortho intramolecular Hbond substituents is 1. The maximum Gasteiger partial charge on any atom is 0.586 e. The molecule has 0 radical (unpaired) electrons. The summed E-state index contributed by atoms with van der Waals surface area (Å²) in [5.74, 6) is -4.20. The number of amides is 1. The van der Waals surface area contributed by atoms with E-state index in [1.54, 1.807) is 24.3 Å². The molecule has 32 heavy (non-hydrogen) atoms. The van der Waals surface area contributed by atoms with Gasteiger partial charge in [0.25, 0.3) is 0 Å². The van der Waals surface area contributed by atoms with Gasteiger partial charge in [0.05, 0.1) is 12.5 Å². The lowest BCUT2D eigenvalue weighted by Gasteiger charge is -2.17. The van der Waals surface area contributed by atoms with E-state index in [-0.39, 0.29) is 29.4 Å². The Morgan fingerprint density at radius 1 is 1.00 bits per heavy atom. The van der Waals surface area contributed by atoms with Crippen LogP contribution in [0.2, 0.25) is 0 Å². The number of alkyl halides is 5. The predicted molar refractivity (Wildman–Crippen MR) is 97.5 cm³/mol. The summed E-state index contributed by atoms with van der Waals surface area (Å²) in [6.07, 6.45) is -8.58. The smallest absolute Gasteiger partial charge is 0.507 e. The Morgan fingerprint density at radius 2 is 1.69 bits per heavy atom. The van der Waals surface area contributed by atoms with E-state index in [1.165, 1.54) is 4.90 Å². The van der Waals surface area contributed by atoms with Crippen molar-refractivity contribution in [3.8, 4) is 17.2 Å². The number of carbonyl (C=O) groups is 1. The molecule has 0 aliphatic carbocycles. The molecule has 2 aromatic carbocycles. The van der Waals surface area contributed by atoms with Crippen molar-refractivity contribution in [2.75, 3.05) is 4.90 Å². The SMILES string of the molecule is O=C1C(c2cc3c(cc2O)OC(F)(F)O3)c2ccccc2N1Cc1ccc(C(F)(F)F)o1. The molecule has 2 aliphatic rings. The minimum absolute atomic E-state index is 0.0135. The zero-order valence-corrected chi connectivity index (χ0v) is 15.8. The monoisotopic (exact) mass is 453 g/mol. The van der Waals surface area contributed by atoms with Crippen LogP contribution in [0.15, 0.2) is 52.9 Å². The second kappa shape index (κ2) is 6.62. The van der Waals surface area contributed by atoms with Gasteiger partial charge in [-0.15, -0.1) is 8.78 Å². The first kappa shape index (κ1) is 20.2. The summed E-state index contributed by atoms with van der Waals surface area (Å²) in [5, 5.41) is 10.4. The topological polar surface area (TPSA) is 72.1 Å². The molecular weight excluding hydrogens is 441 g/mol. The molecule has 0 fully saturated rings. The zero-order valence-electron chi connectivity index (χ0n) is 15.8. The fourth-order valence-corrected chi connectivity index (χ4v) is 3.85. The van der Waals surface area contributed by atoms with Crippen LogP contribution in [0, 0.1) is 0 Å². The fourth-order valence-electron chi connectivity index (χ4n) is 3.85. The molecule has 11 heteroatoms. The van der Waals surface area contributed by atoms with E-state index >= 15 is 0 Å². The minimum atomic E-state index is -4.67. The zero-order chi connectivity index (χ0) is 22.8. The first-order valence-corrected chi connectivity index (χ1v) is 9.22. The van der Waals surface area contributed by atoms with Gasteiger partial charge in [-0.2, -0.15) is 13.2 Å². The maximum atomic E-state index is 13.4. The number of anilines is 1. The van der Waals surface area contributed by atoms with E-state index in [1.807, 2.05) is 0 Å². The van der Waals surface area contributed by atoms with Crippen LogP contribution in [0.3, 0.4) is 0 Å². The average Bonchev–Trinajstić information content (AvgIpc) is 3.36. The van der Waals surface area contributed by atoms with Gasteiger partial charge in [0, 0.05) is 17.3 Å². The van der Waals surface area contributed by atoms with E-state index in [2.05, 4.69) is 9.47 Å². The third kappa shape index (κ3) is 3.20. The predicted octanol–water partition coefficient (Wildman–Crippen LogP) is 5.00. The summed E-state index contributed by atoms with van der Waals surface area (Å²) in [5.41, 5.74) is 0.802. The summed E-state index contributed by atoms with van der Waals surface area (Å²) in [4.78, 5) is 14.5. The van der Waals surface area contributed by atoms with Crippen molar-refractivity contribution in [1.29, 1.82) is 0 Å². The lowest BCUT2D eigenvalue weighted by atomic mass is 9.91. The number of fused-ring (bicyclic) bond motifs is 2. The fraction of sp³-hybridized carbons (Fsp3) is 0.190. The second-order valence-corrected chi connectivity index (χ2v) is 7.21. The molecule has 5 rings (SSSR count). The number of ether oxygens (including phenoxy) is 2. The molecule has 1 atom stereocenters. The van der Waals surface area contributed by atoms with Crippen molar-refractivity contribution < 1.29 is 45.7 Å². The number of hydrogen-bond donors (Lipinski definition) is 1. The van der Waals surface area contributed by atoms with Crippen LogP contribution in [-0.4, -0.2) is 17.3 Å². The molecule has 0 saturated carbocycles. The molecule has 6 nitrogen and oxygen atoms in total. The molecule has 0 bridgehead atoms. The standard InChI is InChI=1S/C21H12F5NO5/c22-20(23,24)17-6-5-10(30-17)9-27-13-4-2-1-3-11(13)18(19(27)29)12-7-15-16(8-14(12)28)32-21(25,26)31-15/h1-8,18,28H,9H2. The molecular formula is C21H12F5NO5. The van der Waals surface area contributed by atoms with E-state index in [4.69, 9.17) is 4.42 Å². The molecule has 3 heterocycles. The van der Waals surface area contributed by atoms with Crippen molar-refractivity contribution in [1.82, 2.24) is 0 Å². The number of phenols is 1. The summed E-state index contributed by atoms with van der Waals surface area (Å²) in [7, 11) is 0. The normalized spacial score (nSPS) is 18.8. The highest BCUT2D eigenvalue weighted by Crippen LogP contribution is 2.50. The Balaban J connectivity index is 1.52. The third-order valence-corrected chi connectivity index (χ3v) is 5.17. The van der Waals surface area contributed by atoms with Crippen molar-refractivity contribution in [3.63, 3.8) is 0 Å². The van der Waals surface area contributed by atoms with Crippen LogP contribution in [0.5, 0.6) is 17.2 Å². The van der Waals surface area contributed by atoms with Gasteiger partial charge in [-0.1, -0.05) is 18.2 Å². The van der Waals surface area contributed by atoms with Gasteiger partial charge in [0.2, 0.25) is 11.7 Å². The lowest BCUT2D eigenvalue weighted by molar-refractivity contribution is -0.286. The third-order valence-electron chi connectivity index (χ3n) is 5.17. The largest absolute Gasteiger partial charge is 0.586 e. The Bertz CT molecular complexity index is 1240. The first-order chi connectivity index (χ1) is 15.0. The van der Waals surface area contributed by atoms with E-state index < -0.39 is 35.8 Å². The number of halogens is 5. The van der Waals surface area contributed by atoms with Gasteiger partial charge in [-0.05, 0) is 29.8 Å². The average molecular weight is 453 g/mol. The van der Waals surface area contributed by atoms with E-state index in [0.29, 0.717) is 11.3 Å². The first-order valence-electron chi connectivity index (χ1n) is 9.22. The maximum absolute atomic E-state index is 13.4. The minimum Gasteiger partial charge on any atom is -0.507 e. The molecule has 1 aromatic heterocycles. The molecule has 0 spiro atoms. The summed E-state index contributed by atoms with van der Waals surface area (Å²) < 4.78 is 78.9. The van der Waals surface area contributed by atoms with Crippen molar-refractivity contribution in [2.24, 2.45) is 0 Å². The Hall–Kier alpha value is -3.76. The number of aromatic hydroxyl groups is 1. The van der Waals surface area contributed by atoms with Gasteiger partial charge < -0.3 is 23.9 Å². The van der Waals surface area contributed by atoms with E-state index in [0.717, 1.165) is 24.3 Å². The molecule has 1 amide bonds. The van der Waals surface area contributed by atoms with Crippen LogP contribution in [0.4, 0.5) is 27.6 Å². The van der Waals surface area contributed by atoms with Gasteiger partial charge in [-0.3, -0.25) is 4.79 Å². The number of nitrogens with zero attached hydrogens (tertiary/aromatic N) is 1. The van der Waals surface area contributed by atoms with Gasteiger partial charge in [0.15, 0.2) is 11.5 Å². The molecule has 3 aromatic rings. The van der Waals surface area contributed by atoms with Crippen LogP contribution in [-0.2, 0) is 17.5 Å². The molecule has 0 saturated heterocycles. The molecule has 2 aliphatic heterocycles. The number of para-hydroxylation sites is 1. The highest BCUT2D eigenvalue weighted by Gasteiger charge is 2.46. The van der Waals surface area contributed by atoms with Crippen molar-refractivity contribution in [2.45, 2.75) is 24.9 Å². The van der Waals surface area contributed by atoms with E-state index in [9.17, 15) is 31.9 Å². The van der Waals surface area contributed by atoms with Gasteiger partial charge in [0.1, 0.15) is 11.5 Å². The van der Waals surface area contributed by atoms with Crippen LogP contribution in [0.1, 0.15) is 28.6 Å². The van der Waals surface area contributed by atoms with Crippen molar-refractivity contribution in [3.05, 3.63) is 71.2 Å². The van der Waals surface area contributed by atoms with Gasteiger partial charge >= 0.3 is 12.5 Å². The van der Waals surface area contributed by atoms with Crippen LogP contribution < -0.4 is 14.4 Å².